The highest BCUT2D eigenvalue weighted by Crippen LogP contribution is 2.35. The average molecular weight is 248 g/mol. The SMILES string of the molecule is Cc1c(N)cccc1NC1(CO)CCC(C)CC1. The molecule has 0 radical (unpaired) electrons. The van der Waals surface area contributed by atoms with Crippen LogP contribution in [-0.4, -0.2) is 17.3 Å². The monoisotopic (exact) mass is 248 g/mol. The van der Waals surface area contributed by atoms with Gasteiger partial charge in [-0.25, -0.2) is 0 Å². The van der Waals surface area contributed by atoms with Gasteiger partial charge in [0.25, 0.3) is 0 Å². The van der Waals surface area contributed by atoms with Crippen LogP contribution in [0.5, 0.6) is 0 Å². The zero-order valence-electron chi connectivity index (χ0n) is 11.4. The number of rotatable bonds is 3. The Morgan fingerprint density at radius 2 is 2.06 bits per heavy atom. The second kappa shape index (κ2) is 5.19. The number of nitrogens with one attached hydrogen (secondary N) is 1. The third-order valence-corrected chi connectivity index (χ3v) is 4.31. The molecule has 4 N–H and O–H groups in total. The molecule has 1 aromatic rings. The fourth-order valence-electron chi connectivity index (χ4n) is 2.71. The standard InChI is InChI=1S/C15H24N2O/c1-11-6-8-15(10-18,9-7-11)17-14-5-3-4-13(16)12(14)2/h3-5,11,17-18H,6-10,16H2,1-2H3. The summed E-state index contributed by atoms with van der Waals surface area (Å²) in [7, 11) is 0. The first-order chi connectivity index (χ1) is 8.56. The first-order valence-corrected chi connectivity index (χ1v) is 6.80. The Morgan fingerprint density at radius 1 is 1.39 bits per heavy atom. The third kappa shape index (κ3) is 2.61. The zero-order valence-corrected chi connectivity index (χ0v) is 11.4. The Labute approximate surface area is 109 Å². The predicted octanol–water partition coefficient (Wildman–Crippen LogP) is 2.93. The van der Waals surface area contributed by atoms with Gasteiger partial charge in [-0.05, 0) is 56.2 Å². The van der Waals surface area contributed by atoms with E-state index in [2.05, 4.69) is 12.2 Å². The maximum atomic E-state index is 9.76. The van der Waals surface area contributed by atoms with Crippen molar-refractivity contribution in [3.63, 3.8) is 0 Å². The highest BCUT2D eigenvalue weighted by molar-refractivity contribution is 5.63. The lowest BCUT2D eigenvalue weighted by Crippen LogP contribution is -2.45. The molecule has 0 atom stereocenters. The number of anilines is 2. The molecule has 3 nitrogen and oxygen atoms in total. The van der Waals surface area contributed by atoms with Crippen molar-refractivity contribution in [2.24, 2.45) is 5.92 Å². The molecule has 2 rings (SSSR count). The maximum Gasteiger partial charge on any atom is 0.0661 e. The lowest BCUT2D eigenvalue weighted by Gasteiger charge is -2.40. The molecular formula is C15H24N2O. The number of hydrogen-bond donors (Lipinski definition) is 3. The fourth-order valence-corrected chi connectivity index (χ4v) is 2.71. The first kappa shape index (κ1) is 13.2. The Morgan fingerprint density at radius 3 is 2.67 bits per heavy atom. The van der Waals surface area contributed by atoms with Gasteiger partial charge >= 0.3 is 0 Å². The van der Waals surface area contributed by atoms with Crippen LogP contribution in [0, 0.1) is 12.8 Å². The van der Waals surface area contributed by atoms with Gasteiger partial charge in [-0.3, -0.25) is 0 Å². The van der Waals surface area contributed by atoms with Crippen molar-refractivity contribution in [3.8, 4) is 0 Å². The van der Waals surface area contributed by atoms with Gasteiger partial charge in [0, 0.05) is 11.4 Å². The minimum absolute atomic E-state index is 0.162. The second-order valence-electron chi connectivity index (χ2n) is 5.77. The quantitative estimate of drug-likeness (QED) is 0.721. The van der Waals surface area contributed by atoms with Gasteiger partial charge < -0.3 is 16.2 Å². The molecule has 0 saturated heterocycles. The normalized spacial score (nSPS) is 28.1. The molecule has 1 aliphatic rings. The number of nitrogen functional groups attached to an aromatic ring is 1. The van der Waals surface area contributed by atoms with Crippen LogP contribution >= 0.6 is 0 Å². The fraction of sp³-hybridized carbons (Fsp3) is 0.600. The van der Waals surface area contributed by atoms with E-state index in [1.165, 1.54) is 12.8 Å². The molecule has 0 aliphatic heterocycles. The highest BCUT2D eigenvalue weighted by atomic mass is 16.3. The maximum absolute atomic E-state index is 9.76. The molecular weight excluding hydrogens is 224 g/mol. The van der Waals surface area contributed by atoms with Crippen molar-refractivity contribution >= 4 is 11.4 Å². The first-order valence-electron chi connectivity index (χ1n) is 6.80. The van der Waals surface area contributed by atoms with Crippen molar-refractivity contribution < 1.29 is 5.11 Å². The van der Waals surface area contributed by atoms with Crippen molar-refractivity contribution in [1.82, 2.24) is 0 Å². The van der Waals surface area contributed by atoms with Crippen LogP contribution in [0.25, 0.3) is 0 Å². The molecule has 100 valence electrons. The van der Waals surface area contributed by atoms with Crippen molar-refractivity contribution in [2.45, 2.75) is 45.1 Å². The number of hydrogen-bond acceptors (Lipinski definition) is 3. The molecule has 0 bridgehead atoms. The molecule has 0 unspecified atom stereocenters. The van der Waals surface area contributed by atoms with E-state index in [-0.39, 0.29) is 12.1 Å². The van der Waals surface area contributed by atoms with Crippen LogP contribution in [-0.2, 0) is 0 Å². The molecule has 1 aromatic carbocycles. The Bertz CT molecular complexity index is 409. The number of benzene rings is 1. The summed E-state index contributed by atoms with van der Waals surface area (Å²) in [5, 5.41) is 13.3. The van der Waals surface area contributed by atoms with Crippen molar-refractivity contribution in [1.29, 1.82) is 0 Å². The number of aliphatic hydroxyl groups is 1. The molecule has 3 heteroatoms. The molecule has 18 heavy (non-hydrogen) atoms. The second-order valence-corrected chi connectivity index (χ2v) is 5.77. The number of nitrogens with two attached hydrogens (primary N) is 1. The lowest BCUT2D eigenvalue weighted by atomic mass is 9.77. The van der Waals surface area contributed by atoms with Gasteiger partial charge in [0.1, 0.15) is 0 Å². The van der Waals surface area contributed by atoms with Gasteiger partial charge in [-0.2, -0.15) is 0 Å². The topological polar surface area (TPSA) is 58.3 Å². The summed E-state index contributed by atoms with van der Waals surface area (Å²) in [6.07, 6.45) is 4.40. The van der Waals surface area contributed by atoms with Crippen molar-refractivity contribution in [3.05, 3.63) is 23.8 Å². The molecule has 0 amide bonds. The lowest BCUT2D eigenvalue weighted by molar-refractivity contribution is 0.155. The van der Waals surface area contributed by atoms with Gasteiger partial charge in [0.2, 0.25) is 0 Å². The minimum Gasteiger partial charge on any atom is -0.398 e. The van der Waals surface area contributed by atoms with Crippen LogP contribution in [0.4, 0.5) is 11.4 Å². The van der Waals surface area contributed by atoms with Crippen LogP contribution in [0.15, 0.2) is 18.2 Å². The van der Waals surface area contributed by atoms with E-state index in [0.717, 1.165) is 35.7 Å². The molecule has 0 spiro atoms. The largest absolute Gasteiger partial charge is 0.398 e. The summed E-state index contributed by atoms with van der Waals surface area (Å²) in [4.78, 5) is 0. The van der Waals surface area contributed by atoms with Crippen molar-refractivity contribution in [2.75, 3.05) is 17.7 Å². The Hall–Kier alpha value is -1.22. The van der Waals surface area contributed by atoms with E-state index in [9.17, 15) is 5.11 Å². The van der Waals surface area contributed by atoms with E-state index < -0.39 is 0 Å². The Kier molecular flexibility index (Phi) is 3.81. The van der Waals surface area contributed by atoms with Crippen LogP contribution in [0.1, 0.15) is 38.2 Å². The predicted molar refractivity (Wildman–Crippen MR) is 76.7 cm³/mol. The smallest absolute Gasteiger partial charge is 0.0661 e. The summed E-state index contributed by atoms with van der Waals surface area (Å²) < 4.78 is 0. The summed E-state index contributed by atoms with van der Waals surface area (Å²) in [5.41, 5.74) is 8.70. The Balaban J connectivity index is 2.17. The van der Waals surface area contributed by atoms with Gasteiger partial charge in [-0.1, -0.05) is 13.0 Å². The molecule has 1 saturated carbocycles. The van der Waals surface area contributed by atoms with E-state index in [4.69, 9.17) is 5.73 Å². The summed E-state index contributed by atoms with van der Waals surface area (Å²) in [6.45, 7) is 4.50. The highest BCUT2D eigenvalue weighted by Gasteiger charge is 2.33. The van der Waals surface area contributed by atoms with Crippen LogP contribution in [0.3, 0.4) is 0 Å². The van der Waals surface area contributed by atoms with Crippen LogP contribution < -0.4 is 11.1 Å². The van der Waals surface area contributed by atoms with E-state index in [1.807, 2.05) is 25.1 Å². The zero-order chi connectivity index (χ0) is 13.2. The molecule has 0 aromatic heterocycles. The summed E-state index contributed by atoms with van der Waals surface area (Å²) in [5.74, 6) is 0.772. The summed E-state index contributed by atoms with van der Waals surface area (Å²) >= 11 is 0. The number of aliphatic hydroxyl groups excluding tert-OH is 1. The van der Waals surface area contributed by atoms with Gasteiger partial charge in [0.15, 0.2) is 0 Å². The van der Waals surface area contributed by atoms with E-state index in [1.54, 1.807) is 0 Å². The van der Waals surface area contributed by atoms with Gasteiger partial charge in [-0.15, -0.1) is 0 Å². The molecule has 1 aliphatic carbocycles. The molecule has 0 heterocycles. The van der Waals surface area contributed by atoms with Crippen LogP contribution in [0.2, 0.25) is 0 Å². The molecule has 1 fully saturated rings. The van der Waals surface area contributed by atoms with E-state index in [0.29, 0.717) is 0 Å². The summed E-state index contributed by atoms with van der Waals surface area (Å²) in [6, 6.07) is 5.91. The average Bonchev–Trinajstić information content (AvgIpc) is 2.38. The van der Waals surface area contributed by atoms with Gasteiger partial charge in [0.05, 0.1) is 12.1 Å². The third-order valence-electron chi connectivity index (χ3n) is 4.31. The minimum atomic E-state index is -0.162. The van der Waals surface area contributed by atoms with E-state index >= 15 is 0 Å².